The molecule has 1 atom stereocenters. The second-order valence-corrected chi connectivity index (χ2v) is 5.52. The first kappa shape index (κ1) is 16.0. The van der Waals surface area contributed by atoms with E-state index in [1.165, 1.54) is 64.2 Å². The molecule has 0 fully saturated rings. The molecule has 0 rings (SSSR count). The highest BCUT2D eigenvalue weighted by Crippen LogP contribution is 2.28. The third kappa shape index (κ3) is 8.19. The maximum atomic E-state index is 2.48. The summed E-state index contributed by atoms with van der Waals surface area (Å²) < 4.78 is 0. The second-order valence-electron chi connectivity index (χ2n) is 5.52. The van der Waals surface area contributed by atoms with Crippen LogP contribution in [0.25, 0.3) is 0 Å². The van der Waals surface area contributed by atoms with Crippen molar-refractivity contribution in [2.75, 3.05) is 0 Å². The SMILES string of the molecule is CCCCCC(CCCCC)C(C)CCC. The van der Waals surface area contributed by atoms with Crippen molar-refractivity contribution >= 4 is 0 Å². The van der Waals surface area contributed by atoms with Crippen LogP contribution in [-0.4, -0.2) is 0 Å². The van der Waals surface area contributed by atoms with Crippen LogP contribution in [0.5, 0.6) is 0 Å². The first-order chi connectivity index (χ1) is 7.76. The molecule has 0 heterocycles. The van der Waals surface area contributed by atoms with E-state index in [0.29, 0.717) is 0 Å². The maximum Gasteiger partial charge on any atom is -0.0388 e. The summed E-state index contributed by atoms with van der Waals surface area (Å²) in [5, 5.41) is 0. The van der Waals surface area contributed by atoms with Crippen LogP contribution in [-0.2, 0) is 0 Å². The van der Waals surface area contributed by atoms with Crippen molar-refractivity contribution in [1.82, 2.24) is 0 Å². The molecule has 0 saturated carbocycles. The fourth-order valence-corrected chi connectivity index (χ4v) is 2.72. The van der Waals surface area contributed by atoms with E-state index in [2.05, 4.69) is 27.7 Å². The predicted molar refractivity (Wildman–Crippen MR) is 75.8 cm³/mol. The molecular weight excluding hydrogens is 192 g/mol. The molecule has 0 aromatic rings. The summed E-state index contributed by atoms with van der Waals surface area (Å²) in [7, 11) is 0. The smallest absolute Gasteiger partial charge is 0.0388 e. The monoisotopic (exact) mass is 226 g/mol. The van der Waals surface area contributed by atoms with E-state index in [4.69, 9.17) is 0 Å². The molecule has 0 spiro atoms. The minimum Gasteiger partial charge on any atom is -0.0654 e. The van der Waals surface area contributed by atoms with Crippen molar-refractivity contribution in [2.45, 2.75) is 91.9 Å². The van der Waals surface area contributed by atoms with Crippen LogP contribution in [0, 0.1) is 11.8 Å². The molecule has 0 heteroatoms. The predicted octanol–water partition coefficient (Wildman–Crippen LogP) is 6.20. The molecule has 0 nitrogen and oxygen atoms in total. The fourth-order valence-electron chi connectivity index (χ4n) is 2.72. The van der Waals surface area contributed by atoms with E-state index < -0.39 is 0 Å². The van der Waals surface area contributed by atoms with Crippen LogP contribution in [0.2, 0.25) is 0 Å². The van der Waals surface area contributed by atoms with Gasteiger partial charge in [-0.25, -0.2) is 0 Å². The van der Waals surface area contributed by atoms with Gasteiger partial charge in [0.25, 0.3) is 0 Å². The fraction of sp³-hybridized carbons (Fsp3) is 1.00. The van der Waals surface area contributed by atoms with Gasteiger partial charge in [0.1, 0.15) is 0 Å². The van der Waals surface area contributed by atoms with Crippen LogP contribution in [0.1, 0.15) is 91.9 Å². The van der Waals surface area contributed by atoms with Gasteiger partial charge in [-0.2, -0.15) is 0 Å². The van der Waals surface area contributed by atoms with Gasteiger partial charge in [0.2, 0.25) is 0 Å². The Kier molecular flexibility index (Phi) is 11.5. The lowest BCUT2D eigenvalue weighted by atomic mass is 9.82. The van der Waals surface area contributed by atoms with Crippen LogP contribution in [0.15, 0.2) is 0 Å². The Hall–Kier alpha value is 0. The number of hydrogen-bond acceptors (Lipinski definition) is 0. The van der Waals surface area contributed by atoms with Gasteiger partial charge >= 0.3 is 0 Å². The molecule has 0 bridgehead atoms. The molecule has 0 radical (unpaired) electrons. The maximum absolute atomic E-state index is 2.48. The molecule has 1 unspecified atom stereocenters. The van der Waals surface area contributed by atoms with Gasteiger partial charge in [-0.15, -0.1) is 0 Å². The van der Waals surface area contributed by atoms with Crippen molar-refractivity contribution in [3.8, 4) is 0 Å². The Morgan fingerprint density at radius 3 is 1.50 bits per heavy atom. The lowest BCUT2D eigenvalue weighted by Crippen LogP contribution is -2.12. The Balaban J connectivity index is 3.84. The Bertz CT molecular complexity index is 118. The number of rotatable bonds is 11. The van der Waals surface area contributed by atoms with Gasteiger partial charge in [-0.05, 0) is 11.8 Å². The van der Waals surface area contributed by atoms with Crippen molar-refractivity contribution in [3.05, 3.63) is 0 Å². The summed E-state index contributed by atoms with van der Waals surface area (Å²) in [5.74, 6) is 1.97. The average Bonchev–Trinajstić information content (AvgIpc) is 2.28. The first-order valence-corrected chi connectivity index (χ1v) is 7.76. The Labute approximate surface area is 104 Å². The highest BCUT2D eigenvalue weighted by Gasteiger charge is 2.15. The van der Waals surface area contributed by atoms with Crippen LogP contribution in [0.4, 0.5) is 0 Å². The van der Waals surface area contributed by atoms with Crippen LogP contribution in [0.3, 0.4) is 0 Å². The molecule has 0 aliphatic heterocycles. The first-order valence-electron chi connectivity index (χ1n) is 7.76. The van der Waals surface area contributed by atoms with Gasteiger partial charge in [-0.1, -0.05) is 91.9 Å². The summed E-state index contributed by atoms with van der Waals surface area (Å²) in [6.45, 7) is 9.42. The highest BCUT2D eigenvalue weighted by molar-refractivity contribution is 4.67. The quantitative estimate of drug-likeness (QED) is 0.368. The average molecular weight is 226 g/mol. The van der Waals surface area contributed by atoms with E-state index in [9.17, 15) is 0 Å². The Morgan fingerprint density at radius 2 is 1.12 bits per heavy atom. The van der Waals surface area contributed by atoms with Gasteiger partial charge < -0.3 is 0 Å². The van der Waals surface area contributed by atoms with Gasteiger partial charge in [0.15, 0.2) is 0 Å². The van der Waals surface area contributed by atoms with Crippen molar-refractivity contribution in [2.24, 2.45) is 11.8 Å². The summed E-state index contributed by atoms with van der Waals surface area (Å²) in [6.07, 6.45) is 14.3. The molecule has 0 N–H and O–H groups in total. The summed E-state index contributed by atoms with van der Waals surface area (Å²) in [4.78, 5) is 0. The van der Waals surface area contributed by atoms with E-state index in [-0.39, 0.29) is 0 Å². The molecule has 0 amide bonds. The largest absolute Gasteiger partial charge is 0.0654 e. The number of hydrogen-bond donors (Lipinski definition) is 0. The van der Waals surface area contributed by atoms with E-state index >= 15 is 0 Å². The third-order valence-corrected chi connectivity index (χ3v) is 3.91. The summed E-state index contributed by atoms with van der Waals surface area (Å²) in [6, 6.07) is 0. The normalized spacial score (nSPS) is 13.3. The van der Waals surface area contributed by atoms with E-state index in [0.717, 1.165) is 11.8 Å². The molecule has 98 valence electrons. The third-order valence-electron chi connectivity index (χ3n) is 3.91. The van der Waals surface area contributed by atoms with Gasteiger partial charge in [0, 0.05) is 0 Å². The lowest BCUT2D eigenvalue weighted by Gasteiger charge is -2.23. The number of unbranched alkanes of at least 4 members (excludes halogenated alkanes) is 4. The lowest BCUT2D eigenvalue weighted by molar-refractivity contribution is 0.281. The molecule has 0 aromatic carbocycles. The topological polar surface area (TPSA) is 0 Å². The molecular formula is C16H34. The zero-order chi connectivity index (χ0) is 12.2. The summed E-state index contributed by atoms with van der Waals surface area (Å²) >= 11 is 0. The molecule has 0 saturated heterocycles. The van der Waals surface area contributed by atoms with Crippen LogP contribution >= 0.6 is 0 Å². The zero-order valence-electron chi connectivity index (χ0n) is 12.2. The second kappa shape index (κ2) is 11.5. The van der Waals surface area contributed by atoms with Crippen molar-refractivity contribution in [3.63, 3.8) is 0 Å². The molecule has 16 heavy (non-hydrogen) atoms. The zero-order valence-corrected chi connectivity index (χ0v) is 12.2. The van der Waals surface area contributed by atoms with E-state index in [1.54, 1.807) is 0 Å². The van der Waals surface area contributed by atoms with Crippen molar-refractivity contribution in [1.29, 1.82) is 0 Å². The minimum atomic E-state index is 0.957. The summed E-state index contributed by atoms with van der Waals surface area (Å²) in [5.41, 5.74) is 0. The Morgan fingerprint density at radius 1 is 0.625 bits per heavy atom. The minimum absolute atomic E-state index is 0.957. The highest BCUT2D eigenvalue weighted by atomic mass is 14.2. The molecule has 0 aliphatic rings. The standard InChI is InChI=1S/C16H34/c1-5-8-10-13-16(14-11-9-6-2)15(4)12-7-3/h15-16H,5-14H2,1-4H3. The van der Waals surface area contributed by atoms with Gasteiger partial charge in [-0.3, -0.25) is 0 Å². The molecule has 0 aromatic heterocycles. The van der Waals surface area contributed by atoms with E-state index in [1.807, 2.05) is 0 Å². The van der Waals surface area contributed by atoms with Gasteiger partial charge in [0.05, 0.1) is 0 Å². The molecule has 0 aliphatic carbocycles. The van der Waals surface area contributed by atoms with Crippen molar-refractivity contribution < 1.29 is 0 Å². The van der Waals surface area contributed by atoms with Crippen LogP contribution < -0.4 is 0 Å².